The molecule has 15 heavy (non-hydrogen) atoms. The molecule has 0 aliphatic rings. The second-order valence-corrected chi connectivity index (χ2v) is 3.50. The summed E-state index contributed by atoms with van der Waals surface area (Å²) in [5.74, 6) is -1.02. The first-order valence-electron chi connectivity index (χ1n) is 5.31. The van der Waals surface area contributed by atoms with Crippen molar-refractivity contribution in [2.24, 2.45) is 0 Å². The van der Waals surface area contributed by atoms with Gasteiger partial charge in [-0.2, -0.15) is 0 Å². The lowest BCUT2D eigenvalue weighted by Gasteiger charge is -2.23. The number of carboxylic acids is 1. The summed E-state index contributed by atoms with van der Waals surface area (Å²) in [6.45, 7) is 6.74. The van der Waals surface area contributed by atoms with Crippen LogP contribution in [-0.4, -0.2) is 41.1 Å². The maximum Gasteiger partial charge on any atom is 0.325 e. The number of hydrogen-bond acceptors (Lipinski definition) is 2. The molecule has 0 aromatic heterocycles. The largest absolute Gasteiger partial charge is 0.480 e. The second kappa shape index (κ2) is 7.09. The van der Waals surface area contributed by atoms with Gasteiger partial charge in [0.25, 0.3) is 0 Å². The number of carboxylic acid groups (broad SMARTS) is 1. The predicted octanol–water partition coefficient (Wildman–Crippen LogP) is 1.29. The lowest BCUT2D eigenvalue weighted by Crippen LogP contribution is -2.47. The quantitative estimate of drug-likeness (QED) is 0.703. The van der Waals surface area contributed by atoms with Crippen molar-refractivity contribution in [2.45, 2.75) is 39.7 Å². The number of carbonyl (C=O) groups is 2. The van der Waals surface area contributed by atoms with E-state index in [4.69, 9.17) is 5.11 Å². The molecule has 2 N–H and O–H groups in total. The van der Waals surface area contributed by atoms with Crippen LogP contribution in [0.4, 0.5) is 4.79 Å². The molecule has 88 valence electrons. The molecule has 0 rings (SSSR count). The highest BCUT2D eigenvalue weighted by Crippen LogP contribution is 1.96. The molecule has 0 saturated heterocycles. The number of amides is 2. The van der Waals surface area contributed by atoms with Crippen molar-refractivity contribution < 1.29 is 14.7 Å². The molecule has 5 heteroatoms. The summed E-state index contributed by atoms with van der Waals surface area (Å²) in [6, 6.07) is -1.14. The molecule has 2 amide bonds. The predicted molar refractivity (Wildman–Crippen MR) is 57.8 cm³/mol. The van der Waals surface area contributed by atoms with Crippen LogP contribution in [0.1, 0.15) is 33.6 Å². The second-order valence-electron chi connectivity index (χ2n) is 3.50. The summed E-state index contributed by atoms with van der Waals surface area (Å²) >= 11 is 0. The van der Waals surface area contributed by atoms with Crippen LogP contribution in [0.25, 0.3) is 0 Å². The summed E-state index contributed by atoms with van der Waals surface area (Å²) in [7, 11) is 0. The number of nitrogens with zero attached hydrogens (tertiary/aromatic N) is 1. The van der Waals surface area contributed by atoms with E-state index >= 15 is 0 Å². The molecule has 0 aromatic rings. The van der Waals surface area contributed by atoms with E-state index in [2.05, 4.69) is 5.32 Å². The molecule has 0 spiro atoms. The van der Waals surface area contributed by atoms with Gasteiger partial charge in [0, 0.05) is 13.1 Å². The molecule has 0 heterocycles. The first-order valence-corrected chi connectivity index (χ1v) is 5.31. The molecule has 0 radical (unpaired) electrons. The van der Waals surface area contributed by atoms with Gasteiger partial charge in [0.15, 0.2) is 0 Å². The smallest absolute Gasteiger partial charge is 0.325 e. The van der Waals surface area contributed by atoms with Crippen molar-refractivity contribution in [3.8, 4) is 0 Å². The van der Waals surface area contributed by atoms with Crippen LogP contribution < -0.4 is 5.32 Å². The molecule has 0 fully saturated rings. The molecule has 1 unspecified atom stereocenters. The maximum absolute atomic E-state index is 11.6. The normalized spacial score (nSPS) is 11.9. The van der Waals surface area contributed by atoms with Crippen molar-refractivity contribution in [3.05, 3.63) is 0 Å². The van der Waals surface area contributed by atoms with E-state index in [0.29, 0.717) is 13.1 Å². The van der Waals surface area contributed by atoms with Gasteiger partial charge >= 0.3 is 12.0 Å². The first kappa shape index (κ1) is 13.7. The van der Waals surface area contributed by atoms with Crippen LogP contribution in [0.15, 0.2) is 0 Å². The van der Waals surface area contributed by atoms with Crippen molar-refractivity contribution in [3.63, 3.8) is 0 Å². The Morgan fingerprint density at radius 2 is 1.73 bits per heavy atom. The summed E-state index contributed by atoms with van der Waals surface area (Å²) < 4.78 is 0. The number of aliphatic carboxylic acids is 1. The summed E-state index contributed by atoms with van der Waals surface area (Å²) in [4.78, 5) is 23.8. The van der Waals surface area contributed by atoms with Gasteiger partial charge in [-0.25, -0.2) is 4.79 Å². The van der Waals surface area contributed by atoms with Crippen LogP contribution in [0.2, 0.25) is 0 Å². The number of carbonyl (C=O) groups excluding carboxylic acids is 1. The Kier molecular flexibility index (Phi) is 6.49. The van der Waals surface area contributed by atoms with Crippen molar-refractivity contribution in [1.82, 2.24) is 10.2 Å². The molecule has 0 bridgehead atoms. The molecule has 5 nitrogen and oxygen atoms in total. The molecule has 0 aliphatic heterocycles. The van der Waals surface area contributed by atoms with Gasteiger partial charge in [-0.1, -0.05) is 13.8 Å². The Morgan fingerprint density at radius 3 is 2.07 bits per heavy atom. The van der Waals surface area contributed by atoms with E-state index in [1.165, 1.54) is 6.92 Å². The fraction of sp³-hybridized carbons (Fsp3) is 0.800. The molecule has 1 atom stereocenters. The van der Waals surface area contributed by atoms with Crippen LogP contribution in [-0.2, 0) is 4.79 Å². The van der Waals surface area contributed by atoms with Gasteiger partial charge in [0.2, 0.25) is 0 Å². The minimum atomic E-state index is -1.02. The minimum absolute atomic E-state index is 0.298. The number of nitrogens with one attached hydrogen (secondary N) is 1. The van der Waals surface area contributed by atoms with Crippen LogP contribution in [0.5, 0.6) is 0 Å². The SMILES string of the molecule is CCCN(CCC)C(=O)NC(C)C(=O)O. The standard InChI is InChI=1S/C10H20N2O3/c1-4-6-12(7-5-2)10(15)11-8(3)9(13)14/h8H,4-7H2,1-3H3,(H,11,15)(H,13,14). The third kappa shape index (κ3) is 5.24. The highest BCUT2D eigenvalue weighted by Gasteiger charge is 2.17. The molecular formula is C10H20N2O3. The monoisotopic (exact) mass is 216 g/mol. The molecule has 0 aromatic carbocycles. The Morgan fingerprint density at radius 1 is 1.27 bits per heavy atom. The Bertz CT molecular complexity index is 213. The lowest BCUT2D eigenvalue weighted by atomic mass is 10.3. The van der Waals surface area contributed by atoms with Crippen LogP contribution in [0, 0.1) is 0 Å². The minimum Gasteiger partial charge on any atom is -0.480 e. The lowest BCUT2D eigenvalue weighted by molar-refractivity contribution is -0.138. The van der Waals surface area contributed by atoms with E-state index in [9.17, 15) is 9.59 Å². The van der Waals surface area contributed by atoms with Gasteiger partial charge in [0.05, 0.1) is 0 Å². The Balaban J connectivity index is 4.18. The fourth-order valence-electron chi connectivity index (χ4n) is 1.19. The van der Waals surface area contributed by atoms with E-state index < -0.39 is 12.0 Å². The number of urea groups is 1. The summed E-state index contributed by atoms with van der Waals surface area (Å²) in [5.41, 5.74) is 0. The average molecular weight is 216 g/mol. The third-order valence-corrected chi connectivity index (χ3v) is 1.98. The van der Waals surface area contributed by atoms with E-state index in [-0.39, 0.29) is 6.03 Å². The zero-order chi connectivity index (χ0) is 11.8. The van der Waals surface area contributed by atoms with Crippen LogP contribution in [0.3, 0.4) is 0 Å². The highest BCUT2D eigenvalue weighted by atomic mass is 16.4. The van der Waals surface area contributed by atoms with Gasteiger partial charge in [-0.05, 0) is 19.8 Å². The summed E-state index contributed by atoms with van der Waals surface area (Å²) in [6.07, 6.45) is 1.74. The molecule has 0 saturated carbocycles. The Labute approximate surface area is 90.5 Å². The zero-order valence-electron chi connectivity index (χ0n) is 9.62. The van der Waals surface area contributed by atoms with Crippen molar-refractivity contribution in [1.29, 1.82) is 0 Å². The highest BCUT2D eigenvalue weighted by molar-refractivity contribution is 5.82. The van der Waals surface area contributed by atoms with E-state index in [1.54, 1.807) is 4.90 Å². The van der Waals surface area contributed by atoms with Gasteiger partial charge < -0.3 is 15.3 Å². The zero-order valence-corrected chi connectivity index (χ0v) is 9.62. The van der Waals surface area contributed by atoms with E-state index in [0.717, 1.165) is 12.8 Å². The molecule has 0 aliphatic carbocycles. The number of hydrogen-bond donors (Lipinski definition) is 2. The fourth-order valence-corrected chi connectivity index (χ4v) is 1.19. The summed E-state index contributed by atoms with van der Waals surface area (Å²) in [5, 5.41) is 11.1. The van der Waals surface area contributed by atoms with E-state index in [1.807, 2.05) is 13.8 Å². The van der Waals surface area contributed by atoms with Crippen molar-refractivity contribution >= 4 is 12.0 Å². The Hall–Kier alpha value is -1.26. The van der Waals surface area contributed by atoms with Gasteiger partial charge in [-0.15, -0.1) is 0 Å². The molecular weight excluding hydrogens is 196 g/mol. The first-order chi connectivity index (χ1) is 7.02. The topological polar surface area (TPSA) is 69.6 Å². The average Bonchev–Trinajstić information content (AvgIpc) is 2.17. The van der Waals surface area contributed by atoms with Crippen LogP contribution >= 0.6 is 0 Å². The van der Waals surface area contributed by atoms with Crippen molar-refractivity contribution in [2.75, 3.05) is 13.1 Å². The third-order valence-electron chi connectivity index (χ3n) is 1.98. The maximum atomic E-state index is 11.6. The van der Waals surface area contributed by atoms with Gasteiger partial charge in [0.1, 0.15) is 6.04 Å². The van der Waals surface area contributed by atoms with Gasteiger partial charge in [-0.3, -0.25) is 4.79 Å². The number of rotatable bonds is 6.